The van der Waals surface area contributed by atoms with Crippen LogP contribution in [0.25, 0.3) is 0 Å². The smallest absolute Gasteiger partial charge is 0.162 e. The Morgan fingerprint density at radius 3 is 2.67 bits per heavy atom. The van der Waals surface area contributed by atoms with E-state index < -0.39 is 0 Å². The summed E-state index contributed by atoms with van der Waals surface area (Å²) in [4.78, 5) is 3.98. The lowest BCUT2D eigenvalue weighted by Gasteiger charge is -2.20. The summed E-state index contributed by atoms with van der Waals surface area (Å²) in [5.74, 6) is 1.33. The minimum absolute atomic E-state index is 0.0765. The highest BCUT2D eigenvalue weighted by atomic mass is 35.5. The van der Waals surface area contributed by atoms with Crippen molar-refractivity contribution in [1.82, 2.24) is 15.2 Å². The summed E-state index contributed by atoms with van der Waals surface area (Å²) in [7, 11) is 0. The first-order valence-corrected chi connectivity index (χ1v) is 6.11. The van der Waals surface area contributed by atoms with Gasteiger partial charge < -0.3 is 4.74 Å². The quantitative estimate of drug-likeness (QED) is 0.926. The van der Waals surface area contributed by atoms with E-state index in [0.717, 1.165) is 0 Å². The van der Waals surface area contributed by atoms with Gasteiger partial charge in [0.05, 0.1) is 5.02 Å². The molecule has 1 N–H and O–H groups in total. The van der Waals surface area contributed by atoms with Gasteiger partial charge in [0, 0.05) is 0 Å². The molecule has 1 aromatic carbocycles. The molecule has 0 radical (unpaired) electrons. The molecule has 0 aliphatic carbocycles. The van der Waals surface area contributed by atoms with E-state index >= 15 is 0 Å². The Labute approximate surface area is 111 Å². The zero-order valence-electron chi connectivity index (χ0n) is 10.7. The van der Waals surface area contributed by atoms with Crippen LogP contribution in [0.15, 0.2) is 24.5 Å². The molecule has 96 valence electrons. The van der Waals surface area contributed by atoms with Crippen LogP contribution in [0.1, 0.15) is 32.2 Å². The lowest BCUT2D eigenvalue weighted by atomic mass is 9.87. The number of H-pyrrole nitrogens is 1. The number of aromatic nitrogens is 3. The molecule has 2 aromatic rings. The fraction of sp³-hybridized carbons (Fsp3) is 0.385. The summed E-state index contributed by atoms with van der Waals surface area (Å²) in [5.41, 5.74) is 1.26. The zero-order valence-corrected chi connectivity index (χ0v) is 11.5. The Hall–Kier alpha value is -1.55. The summed E-state index contributed by atoms with van der Waals surface area (Å²) in [5, 5.41) is 7.10. The van der Waals surface area contributed by atoms with Gasteiger partial charge in [-0.3, -0.25) is 5.10 Å². The van der Waals surface area contributed by atoms with Gasteiger partial charge in [-0.15, -0.1) is 0 Å². The molecule has 0 atom stereocenters. The number of aromatic amines is 1. The standard InChI is InChI=1S/C13H16ClN3O/c1-13(2,3)9-4-5-11(10(14)6-9)18-7-12-15-8-16-17-12/h4-6,8H,7H2,1-3H3,(H,15,16,17). The minimum atomic E-state index is 0.0765. The molecule has 0 aliphatic rings. The van der Waals surface area contributed by atoms with Gasteiger partial charge in [-0.1, -0.05) is 38.4 Å². The van der Waals surface area contributed by atoms with Crippen molar-refractivity contribution in [1.29, 1.82) is 0 Å². The normalized spacial score (nSPS) is 11.6. The number of ether oxygens (including phenoxy) is 1. The maximum atomic E-state index is 6.20. The van der Waals surface area contributed by atoms with Crippen LogP contribution >= 0.6 is 11.6 Å². The molecule has 4 nitrogen and oxygen atoms in total. The summed E-state index contributed by atoms with van der Waals surface area (Å²) in [6.45, 7) is 6.77. The maximum Gasteiger partial charge on any atom is 0.162 e. The zero-order chi connectivity index (χ0) is 13.2. The molecule has 0 bridgehead atoms. The first-order chi connectivity index (χ1) is 8.47. The average molecular weight is 266 g/mol. The van der Waals surface area contributed by atoms with Crippen LogP contribution in [0.3, 0.4) is 0 Å². The van der Waals surface area contributed by atoms with Crippen LogP contribution in [-0.2, 0) is 12.0 Å². The second-order valence-electron chi connectivity index (χ2n) is 5.12. The Balaban J connectivity index is 2.10. The van der Waals surface area contributed by atoms with Crippen molar-refractivity contribution in [3.05, 3.63) is 40.9 Å². The predicted molar refractivity (Wildman–Crippen MR) is 70.9 cm³/mol. The van der Waals surface area contributed by atoms with E-state index in [4.69, 9.17) is 16.3 Å². The molecule has 0 spiro atoms. The monoisotopic (exact) mass is 265 g/mol. The maximum absolute atomic E-state index is 6.20. The van der Waals surface area contributed by atoms with Crippen LogP contribution < -0.4 is 4.74 Å². The molecule has 0 unspecified atom stereocenters. The van der Waals surface area contributed by atoms with Gasteiger partial charge in [0.15, 0.2) is 5.82 Å². The highest BCUT2D eigenvalue weighted by Crippen LogP contribution is 2.31. The number of nitrogens with one attached hydrogen (secondary N) is 1. The molecule has 5 heteroatoms. The molecular formula is C13H16ClN3O. The molecule has 0 saturated heterocycles. The lowest BCUT2D eigenvalue weighted by Crippen LogP contribution is -2.11. The van der Waals surface area contributed by atoms with Crippen LogP contribution in [0.2, 0.25) is 5.02 Å². The summed E-state index contributed by atoms with van der Waals surface area (Å²) >= 11 is 6.20. The number of rotatable bonds is 3. The molecule has 1 aromatic heterocycles. The third kappa shape index (κ3) is 3.01. The van der Waals surface area contributed by atoms with Crippen molar-refractivity contribution in [3.63, 3.8) is 0 Å². The van der Waals surface area contributed by atoms with Crippen LogP contribution in [0.5, 0.6) is 5.75 Å². The van der Waals surface area contributed by atoms with E-state index in [-0.39, 0.29) is 5.41 Å². The van der Waals surface area contributed by atoms with Crippen molar-refractivity contribution in [2.45, 2.75) is 32.8 Å². The SMILES string of the molecule is CC(C)(C)c1ccc(OCc2ncn[nH]2)c(Cl)c1. The van der Waals surface area contributed by atoms with Crippen molar-refractivity contribution < 1.29 is 4.74 Å². The Bertz CT molecular complexity index is 518. The number of benzene rings is 1. The molecular weight excluding hydrogens is 250 g/mol. The Morgan fingerprint density at radius 2 is 2.11 bits per heavy atom. The van der Waals surface area contributed by atoms with E-state index in [0.29, 0.717) is 23.2 Å². The van der Waals surface area contributed by atoms with Gasteiger partial charge in [-0.25, -0.2) is 4.98 Å². The summed E-state index contributed by atoms with van der Waals surface area (Å²) in [6.07, 6.45) is 1.45. The third-order valence-electron chi connectivity index (χ3n) is 2.63. The van der Waals surface area contributed by atoms with Gasteiger partial charge in [0.25, 0.3) is 0 Å². The van der Waals surface area contributed by atoms with Crippen molar-refractivity contribution in [2.24, 2.45) is 0 Å². The third-order valence-corrected chi connectivity index (χ3v) is 2.92. The van der Waals surface area contributed by atoms with Crippen molar-refractivity contribution in [3.8, 4) is 5.75 Å². The second-order valence-corrected chi connectivity index (χ2v) is 5.52. The number of halogens is 1. The van der Waals surface area contributed by atoms with Gasteiger partial charge in [0.2, 0.25) is 0 Å². The predicted octanol–water partition coefficient (Wildman–Crippen LogP) is 3.33. The molecule has 0 fully saturated rings. The van der Waals surface area contributed by atoms with Crippen molar-refractivity contribution in [2.75, 3.05) is 0 Å². The fourth-order valence-electron chi connectivity index (χ4n) is 1.53. The molecule has 1 heterocycles. The highest BCUT2D eigenvalue weighted by Gasteiger charge is 2.15. The topological polar surface area (TPSA) is 50.8 Å². The first-order valence-electron chi connectivity index (χ1n) is 5.74. The highest BCUT2D eigenvalue weighted by molar-refractivity contribution is 6.32. The molecule has 0 saturated carbocycles. The molecule has 18 heavy (non-hydrogen) atoms. The van der Waals surface area contributed by atoms with E-state index in [2.05, 4.69) is 36.0 Å². The van der Waals surface area contributed by atoms with E-state index in [1.165, 1.54) is 11.9 Å². The van der Waals surface area contributed by atoms with E-state index in [9.17, 15) is 0 Å². The van der Waals surface area contributed by atoms with Gasteiger partial charge >= 0.3 is 0 Å². The van der Waals surface area contributed by atoms with E-state index in [1.807, 2.05) is 18.2 Å². The lowest BCUT2D eigenvalue weighted by molar-refractivity contribution is 0.296. The number of hydrogen-bond donors (Lipinski definition) is 1. The fourth-order valence-corrected chi connectivity index (χ4v) is 1.77. The van der Waals surface area contributed by atoms with Gasteiger partial charge in [-0.05, 0) is 23.1 Å². The van der Waals surface area contributed by atoms with E-state index in [1.54, 1.807) is 0 Å². The molecule has 2 rings (SSSR count). The van der Waals surface area contributed by atoms with Gasteiger partial charge in [0.1, 0.15) is 18.7 Å². The van der Waals surface area contributed by atoms with Crippen LogP contribution in [0, 0.1) is 0 Å². The molecule has 0 amide bonds. The summed E-state index contributed by atoms with van der Waals surface area (Å²) < 4.78 is 5.58. The minimum Gasteiger partial charge on any atom is -0.484 e. The Kier molecular flexibility index (Phi) is 3.57. The average Bonchev–Trinajstić information content (AvgIpc) is 2.79. The van der Waals surface area contributed by atoms with Crippen molar-refractivity contribution >= 4 is 11.6 Å². The Morgan fingerprint density at radius 1 is 1.33 bits per heavy atom. The summed E-state index contributed by atoms with van der Waals surface area (Å²) in [6, 6.07) is 5.86. The first kappa shape index (κ1) is 12.9. The number of nitrogens with zero attached hydrogens (tertiary/aromatic N) is 2. The van der Waals surface area contributed by atoms with Crippen LogP contribution in [0.4, 0.5) is 0 Å². The second kappa shape index (κ2) is 4.98. The largest absolute Gasteiger partial charge is 0.484 e. The van der Waals surface area contributed by atoms with Gasteiger partial charge in [-0.2, -0.15) is 5.10 Å². The number of hydrogen-bond acceptors (Lipinski definition) is 3. The molecule has 0 aliphatic heterocycles. The van der Waals surface area contributed by atoms with Crippen LogP contribution in [-0.4, -0.2) is 15.2 Å².